The molecule has 33 heavy (non-hydrogen) atoms. The zero-order valence-electron chi connectivity index (χ0n) is 18.7. The van der Waals surface area contributed by atoms with Crippen LogP contribution in [0.4, 0.5) is 10.5 Å². The molecule has 1 unspecified atom stereocenters. The summed E-state index contributed by atoms with van der Waals surface area (Å²) >= 11 is 0. The van der Waals surface area contributed by atoms with E-state index in [0.717, 1.165) is 16.0 Å². The number of amidine groups is 1. The summed E-state index contributed by atoms with van der Waals surface area (Å²) < 4.78 is 6.63. The number of allylic oxidation sites excluding steroid dienone is 1. The fraction of sp³-hybridized carbons (Fsp3) is 0.240. The van der Waals surface area contributed by atoms with E-state index in [-0.39, 0.29) is 30.7 Å². The first-order valence-corrected chi connectivity index (χ1v) is 10.6. The molecule has 0 aromatic heterocycles. The molecule has 0 bridgehead atoms. The van der Waals surface area contributed by atoms with Crippen molar-refractivity contribution >= 4 is 35.6 Å². The van der Waals surface area contributed by atoms with E-state index in [1.807, 2.05) is 44.2 Å². The highest BCUT2D eigenvalue weighted by atomic mass is 16.5. The van der Waals surface area contributed by atoms with Crippen molar-refractivity contribution in [2.24, 2.45) is 10.9 Å². The Morgan fingerprint density at radius 3 is 2.70 bits per heavy atom. The van der Waals surface area contributed by atoms with Gasteiger partial charge in [0.15, 0.2) is 12.5 Å². The van der Waals surface area contributed by atoms with E-state index in [2.05, 4.69) is 10.3 Å². The number of ether oxygens (including phenoxy) is 1. The molecule has 2 aromatic rings. The van der Waals surface area contributed by atoms with Crippen molar-refractivity contribution < 1.29 is 23.7 Å². The Kier molecular flexibility index (Phi) is 6.17. The highest BCUT2D eigenvalue weighted by Gasteiger charge is 2.47. The van der Waals surface area contributed by atoms with Crippen LogP contribution >= 0.6 is 0 Å². The maximum Gasteiger partial charge on any atom is 0.446 e. The van der Waals surface area contributed by atoms with Crippen LogP contribution in [0.25, 0.3) is 0 Å². The van der Waals surface area contributed by atoms with Gasteiger partial charge in [0, 0.05) is 11.3 Å². The van der Waals surface area contributed by atoms with Gasteiger partial charge in [-0.1, -0.05) is 30.3 Å². The topological polar surface area (TPSA) is 91.1 Å². The molecule has 0 spiro atoms. The number of aliphatic imine (C=N–C) groups is 1. The molecular formula is C25H25N4O4+. The van der Waals surface area contributed by atoms with E-state index in [1.54, 1.807) is 24.3 Å². The predicted octanol–water partition coefficient (Wildman–Crippen LogP) is 3.08. The second-order valence-electron chi connectivity index (χ2n) is 7.95. The summed E-state index contributed by atoms with van der Waals surface area (Å²) in [6.07, 6.45) is 4.85. The number of nitrogens with one attached hydrogen (secondary N) is 1. The van der Waals surface area contributed by atoms with E-state index in [9.17, 15) is 14.4 Å². The van der Waals surface area contributed by atoms with Crippen molar-refractivity contribution in [1.29, 1.82) is 0 Å². The van der Waals surface area contributed by atoms with Gasteiger partial charge in [0.25, 0.3) is 11.7 Å². The highest BCUT2D eigenvalue weighted by molar-refractivity contribution is 6.15. The van der Waals surface area contributed by atoms with E-state index in [1.165, 1.54) is 17.9 Å². The monoisotopic (exact) mass is 445 g/mol. The number of benzene rings is 2. The first-order chi connectivity index (χ1) is 15.9. The fourth-order valence-electron chi connectivity index (χ4n) is 3.84. The number of aryl methyl sites for hydroxylation is 2. The molecule has 8 heteroatoms. The lowest BCUT2D eigenvalue weighted by atomic mass is 10.0. The molecule has 0 aliphatic carbocycles. The minimum absolute atomic E-state index is 0.0261. The minimum atomic E-state index is -0.739. The average Bonchev–Trinajstić information content (AvgIpc) is 2.82. The number of rotatable bonds is 6. The lowest BCUT2D eigenvalue weighted by molar-refractivity contribution is -0.429. The molecule has 2 aromatic carbocycles. The number of hydrogen-bond donors (Lipinski definition) is 1. The van der Waals surface area contributed by atoms with Gasteiger partial charge >= 0.3 is 11.9 Å². The van der Waals surface area contributed by atoms with Crippen LogP contribution in [0.15, 0.2) is 59.6 Å². The number of amides is 4. The third-order valence-electron chi connectivity index (χ3n) is 5.76. The van der Waals surface area contributed by atoms with Crippen LogP contribution in [0.1, 0.15) is 16.7 Å². The normalized spacial score (nSPS) is 17.3. The van der Waals surface area contributed by atoms with Crippen molar-refractivity contribution in [3.63, 3.8) is 0 Å². The summed E-state index contributed by atoms with van der Waals surface area (Å²) in [5.41, 5.74) is 3.49. The lowest BCUT2D eigenvalue weighted by Crippen LogP contribution is -2.55. The zero-order chi connectivity index (χ0) is 23.5. The standard InChI is InChI=1S/C25H24N4O4/c1-16-10-11-19(13-17(16)2)27-22(30)15-28-23-20(8-6-12-26-23)24(31)29(25(28)32)14-18-7-4-5-9-21(18)33-3/h4-13,20H,14-15H2,1-3H3/p+1. The van der Waals surface area contributed by atoms with Crippen LogP contribution < -0.4 is 10.1 Å². The Morgan fingerprint density at radius 2 is 1.94 bits per heavy atom. The molecule has 168 valence electrons. The Balaban J connectivity index is 1.62. The van der Waals surface area contributed by atoms with Crippen molar-refractivity contribution in [1.82, 2.24) is 4.90 Å². The van der Waals surface area contributed by atoms with Crippen LogP contribution in [0, 0.1) is 19.8 Å². The molecule has 2 aliphatic rings. The number of hydrogen-bond acceptors (Lipinski definition) is 5. The number of methoxy groups -OCH3 is 1. The first-order valence-electron chi connectivity index (χ1n) is 10.6. The average molecular weight is 445 g/mol. The van der Waals surface area contributed by atoms with Gasteiger partial charge in [-0.05, 0) is 49.2 Å². The molecule has 4 rings (SSSR count). The number of nitrogens with zero attached hydrogens (tertiary/aromatic N) is 3. The van der Waals surface area contributed by atoms with Gasteiger partial charge in [0.1, 0.15) is 18.5 Å². The zero-order valence-corrected chi connectivity index (χ0v) is 18.7. The van der Waals surface area contributed by atoms with Crippen LogP contribution in [0.3, 0.4) is 0 Å². The molecule has 0 radical (unpaired) electrons. The maximum absolute atomic E-state index is 13.4. The predicted molar refractivity (Wildman–Crippen MR) is 125 cm³/mol. The number of carbonyl (C=O) groups is 3. The number of fused-ring (bicyclic) bond motifs is 1. The van der Waals surface area contributed by atoms with Gasteiger partial charge in [0.2, 0.25) is 0 Å². The van der Waals surface area contributed by atoms with Gasteiger partial charge < -0.3 is 10.1 Å². The number of urea groups is 1. The summed E-state index contributed by atoms with van der Waals surface area (Å²) in [5, 5.41) is 2.83. The molecular weight excluding hydrogens is 420 g/mol. The van der Waals surface area contributed by atoms with Gasteiger partial charge in [-0.2, -0.15) is 9.48 Å². The number of anilines is 1. The van der Waals surface area contributed by atoms with Crippen molar-refractivity contribution in [2.75, 3.05) is 19.0 Å². The third kappa shape index (κ3) is 4.45. The van der Waals surface area contributed by atoms with E-state index in [4.69, 9.17) is 4.74 Å². The molecule has 2 heterocycles. The number of carbonyl (C=O) groups excluding carboxylic acids is 3. The van der Waals surface area contributed by atoms with Crippen molar-refractivity contribution in [3.8, 4) is 5.75 Å². The SMILES string of the molecule is COc1ccccc1CN1C(=O)C2C=CC=NC2=[N+](CC(=O)Nc2ccc(C)c(C)c2)C1=O. The Bertz CT molecular complexity index is 1230. The molecule has 0 saturated heterocycles. The summed E-state index contributed by atoms with van der Waals surface area (Å²) in [7, 11) is 1.53. The van der Waals surface area contributed by atoms with Crippen molar-refractivity contribution in [2.45, 2.75) is 20.4 Å². The molecule has 4 amide bonds. The van der Waals surface area contributed by atoms with Crippen LogP contribution in [0.2, 0.25) is 0 Å². The quantitative estimate of drug-likeness (QED) is 0.692. The Morgan fingerprint density at radius 1 is 1.15 bits per heavy atom. The van der Waals surface area contributed by atoms with E-state index < -0.39 is 11.9 Å². The Hall–Kier alpha value is -4.07. The number of dihydropyridines is 1. The summed E-state index contributed by atoms with van der Waals surface area (Å²) in [6, 6.07) is 12.2. The number of imide groups is 1. The van der Waals surface area contributed by atoms with Gasteiger partial charge in [-0.3, -0.25) is 9.59 Å². The molecule has 1 atom stereocenters. The second kappa shape index (κ2) is 9.20. The van der Waals surface area contributed by atoms with Gasteiger partial charge in [-0.25, -0.2) is 4.79 Å². The van der Waals surface area contributed by atoms with Crippen molar-refractivity contribution in [3.05, 3.63) is 71.3 Å². The number of para-hydroxylation sites is 1. The summed E-state index contributed by atoms with van der Waals surface area (Å²) in [4.78, 5) is 44.8. The molecule has 2 aliphatic heterocycles. The Labute approximate surface area is 191 Å². The maximum atomic E-state index is 13.4. The van der Waals surface area contributed by atoms with E-state index in [0.29, 0.717) is 17.0 Å². The molecule has 0 fully saturated rings. The third-order valence-corrected chi connectivity index (χ3v) is 5.76. The van der Waals surface area contributed by atoms with Crippen LogP contribution in [-0.2, 0) is 16.1 Å². The summed E-state index contributed by atoms with van der Waals surface area (Å²) in [6.45, 7) is 3.72. The van der Waals surface area contributed by atoms with Gasteiger partial charge in [0.05, 0.1) is 7.11 Å². The van der Waals surface area contributed by atoms with E-state index >= 15 is 0 Å². The first kappa shape index (κ1) is 22.1. The highest BCUT2D eigenvalue weighted by Crippen LogP contribution is 2.25. The fourth-order valence-corrected chi connectivity index (χ4v) is 3.84. The lowest BCUT2D eigenvalue weighted by Gasteiger charge is -2.27. The molecule has 0 saturated carbocycles. The van der Waals surface area contributed by atoms with Crippen LogP contribution in [-0.4, -0.2) is 53.0 Å². The molecule has 1 N–H and O–H groups in total. The largest absolute Gasteiger partial charge is 0.496 e. The smallest absolute Gasteiger partial charge is 0.446 e. The molecule has 8 nitrogen and oxygen atoms in total. The summed E-state index contributed by atoms with van der Waals surface area (Å²) in [5.74, 6) is -0.686. The van der Waals surface area contributed by atoms with Crippen LogP contribution in [0.5, 0.6) is 5.75 Å². The second-order valence-corrected chi connectivity index (χ2v) is 7.95. The van der Waals surface area contributed by atoms with Gasteiger partial charge in [-0.15, -0.1) is 4.99 Å². The minimum Gasteiger partial charge on any atom is -0.496 e.